The molecule has 1 saturated heterocycles. The molecular formula is C25H23N3O4S3. The second-order valence-electron chi connectivity index (χ2n) is 8.08. The number of piperidine rings is 1. The first-order valence-corrected chi connectivity index (χ1v) is 14.3. The van der Waals surface area contributed by atoms with Gasteiger partial charge in [-0.3, -0.25) is 4.79 Å². The van der Waals surface area contributed by atoms with E-state index in [2.05, 4.69) is 10.3 Å². The predicted molar refractivity (Wildman–Crippen MR) is 138 cm³/mol. The number of hydrogen-bond acceptors (Lipinski definition) is 7. The molecule has 0 unspecified atom stereocenters. The smallest absolute Gasteiger partial charge is 0.252 e. The molecule has 0 saturated carbocycles. The number of aromatic nitrogens is 1. The number of nitrogens with one attached hydrogen (secondary N) is 1. The van der Waals surface area contributed by atoms with E-state index in [1.54, 1.807) is 17.5 Å². The number of rotatable bonds is 7. The molecule has 2 aromatic carbocycles. The van der Waals surface area contributed by atoms with Crippen molar-refractivity contribution in [2.45, 2.75) is 17.1 Å². The predicted octanol–water partition coefficient (Wildman–Crippen LogP) is 5.70. The summed E-state index contributed by atoms with van der Waals surface area (Å²) in [6, 6.07) is 20.6. The second kappa shape index (κ2) is 10.3. The molecule has 10 heteroatoms. The molecule has 0 bridgehead atoms. The van der Waals surface area contributed by atoms with Crippen LogP contribution in [-0.4, -0.2) is 36.7 Å². The zero-order valence-corrected chi connectivity index (χ0v) is 21.1. The van der Waals surface area contributed by atoms with Gasteiger partial charge in [-0.05, 0) is 60.7 Å². The van der Waals surface area contributed by atoms with E-state index in [9.17, 15) is 13.2 Å². The lowest BCUT2D eigenvalue weighted by molar-refractivity contribution is -0.120. The Morgan fingerprint density at radius 1 is 0.943 bits per heavy atom. The van der Waals surface area contributed by atoms with Crippen LogP contribution in [0, 0.1) is 5.92 Å². The maximum absolute atomic E-state index is 12.8. The largest absolute Gasteiger partial charge is 0.457 e. The molecule has 2 aromatic heterocycles. The van der Waals surface area contributed by atoms with Gasteiger partial charge in [-0.2, -0.15) is 4.31 Å². The van der Waals surface area contributed by atoms with Gasteiger partial charge in [-0.25, -0.2) is 13.4 Å². The van der Waals surface area contributed by atoms with Gasteiger partial charge in [0.1, 0.15) is 15.7 Å². The number of ether oxygens (including phenoxy) is 1. The van der Waals surface area contributed by atoms with Crippen LogP contribution in [0.15, 0.2) is 81.7 Å². The fourth-order valence-corrected chi connectivity index (χ4v) is 7.22. The van der Waals surface area contributed by atoms with Gasteiger partial charge < -0.3 is 10.1 Å². The van der Waals surface area contributed by atoms with Crippen LogP contribution in [0.4, 0.5) is 5.13 Å². The van der Waals surface area contributed by atoms with Crippen molar-refractivity contribution in [3.8, 4) is 22.8 Å². The normalized spacial score (nSPS) is 15.1. The monoisotopic (exact) mass is 525 g/mol. The zero-order chi connectivity index (χ0) is 24.3. The van der Waals surface area contributed by atoms with Crippen molar-refractivity contribution in [2.24, 2.45) is 5.92 Å². The van der Waals surface area contributed by atoms with Gasteiger partial charge in [0.15, 0.2) is 5.13 Å². The summed E-state index contributed by atoms with van der Waals surface area (Å²) in [7, 11) is -3.47. The fourth-order valence-electron chi connectivity index (χ4n) is 3.89. The Morgan fingerprint density at radius 2 is 1.66 bits per heavy atom. The zero-order valence-electron chi connectivity index (χ0n) is 18.7. The highest BCUT2D eigenvalue weighted by Crippen LogP contribution is 2.30. The van der Waals surface area contributed by atoms with Crippen LogP contribution < -0.4 is 10.1 Å². The number of thiazole rings is 1. The van der Waals surface area contributed by atoms with E-state index in [0.29, 0.717) is 35.3 Å². The van der Waals surface area contributed by atoms with Crippen LogP contribution in [0.3, 0.4) is 0 Å². The summed E-state index contributed by atoms with van der Waals surface area (Å²) in [6.45, 7) is 0.664. The van der Waals surface area contributed by atoms with E-state index in [4.69, 9.17) is 4.74 Å². The van der Waals surface area contributed by atoms with Crippen molar-refractivity contribution in [2.75, 3.05) is 18.4 Å². The number of carbonyl (C=O) groups excluding carboxylic acids is 1. The van der Waals surface area contributed by atoms with Crippen molar-refractivity contribution in [1.29, 1.82) is 0 Å². The van der Waals surface area contributed by atoms with E-state index < -0.39 is 10.0 Å². The second-order valence-corrected chi connectivity index (χ2v) is 12.0. The average Bonchev–Trinajstić information content (AvgIpc) is 3.59. The average molecular weight is 526 g/mol. The lowest BCUT2D eigenvalue weighted by Crippen LogP contribution is -2.41. The molecule has 35 heavy (non-hydrogen) atoms. The first-order chi connectivity index (χ1) is 17.0. The summed E-state index contributed by atoms with van der Waals surface area (Å²) < 4.78 is 33.0. The van der Waals surface area contributed by atoms with Crippen LogP contribution in [0.1, 0.15) is 12.8 Å². The molecule has 7 nitrogen and oxygen atoms in total. The molecule has 1 fully saturated rings. The molecule has 5 rings (SSSR count). The van der Waals surface area contributed by atoms with E-state index >= 15 is 0 Å². The highest BCUT2D eigenvalue weighted by atomic mass is 32.2. The molecule has 1 N–H and O–H groups in total. The summed E-state index contributed by atoms with van der Waals surface area (Å²) >= 11 is 2.58. The van der Waals surface area contributed by atoms with E-state index in [-0.39, 0.29) is 11.8 Å². The lowest BCUT2D eigenvalue weighted by Gasteiger charge is -2.29. The summed E-state index contributed by atoms with van der Waals surface area (Å²) in [5, 5.41) is 7.09. The maximum Gasteiger partial charge on any atom is 0.252 e. The van der Waals surface area contributed by atoms with Crippen LogP contribution in [0.2, 0.25) is 0 Å². The molecular weight excluding hydrogens is 502 g/mol. The first-order valence-electron chi connectivity index (χ1n) is 11.1. The molecule has 1 aliphatic rings. The van der Waals surface area contributed by atoms with Gasteiger partial charge in [-0.1, -0.05) is 24.3 Å². The molecule has 0 atom stereocenters. The molecule has 4 aromatic rings. The summed E-state index contributed by atoms with van der Waals surface area (Å²) in [5.74, 6) is 1.14. The molecule has 3 heterocycles. The standard InChI is InChI=1S/C25H23N3O4S3/c29-24(19-12-14-28(15-13-19)35(30,31)23-7-4-16-33-23)27-25-26-22(17-34-25)18-8-10-21(11-9-18)32-20-5-2-1-3-6-20/h1-11,16-17,19H,12-15H2,(H,26,27,29). The topological polar surface area (TPSA) is 88.6 Å². The SMILES string of the molecule is O=C(Nc1nc(-c2ccc(Oc3ccccc3)cc2)cs1)C1CCN(S(=O)(=O)c2cccs2)CC1. The summed E-state index contributed by atoms with van der Waals surface area (Å²) in [5.41, 5.74) is 1.70. The molecule has 1 amide bonds. The number of hydrogen-bond donors (Lipinski definition) is 1. The highest BCUT2D eigenvalue weighted by molar-refractivity contribution is 7.91. The third-order valence-electron chi connectivity index (χ3n) is 5.78. The Balaban J connectivity index is 1.16. The minimum atomic E-state index is -3.47. The number of nitrogens with zero attached hydrogens (tertiary/aromatic N) is 2. The first kappa shape index (κ1) is 23.7. The molecule has 0 aliphatic carbocycles. The third-order valence-corrected chi connectivity index (χ3v) is 9.81. The van der Waals surface area contributed by atoms with Crippen molar-refractivity contribution < 1.29 is 17.9 Å². The third kappa shape index (κ3) is 5.46. The number of carbonyl (C=O) groups is 1. The Morgan fingerprint density at radius 3 is 2.34 bits per heavy atom. The Kier molecular flexibility index (Phi) is 6.96. The van der Waals surface area contributed by atoms with Crippen LogP contribution in [0.25, 0.3) is 11.3 Å². The van der Waals surface area contributed by atoms with Crippen LogP contribution in [-0.2, 0) is 14.8 Å². The van der Waals surface area contributed by atoms with Gasteiger partial charge in [0, 0.05) is 30.0 Å². The van der Waals surface area contributed by atoms with Crippen molar-refractivity contribution in [3.05, 3.63) is 77.5 Å². The van der Waals surface area contributed by atoms with Gasteiger partial charge in [0.05, 0.1) is 5.69 Å². The molecule has 0 spiro atoms. The number of anilines is 1. The lowest BCUT2D eigenvalue weighted by atomic mass is 9.97. The van der Waals surface area contributed by atoms with E-state index in [1.165, 1.54) is 27.0 Å². The van der Waals surface area contributed by atoms with Crippen LogP contribution >= 0.6 is 22.7 Å². The number of para-hydroxylation sites is 1. The van der Waals surface area contributed by atoms with Crippen LogP contribution in [0.5, 0.6) is 11.5 Å². The summed E-state index contributed by atoms with van der Waals surface area (Å²) in [6.07, 6.45) is 0.967. The van der Waals surface area contributed by atoms with Crippen molar-refractivity contribution >= 4 is 43.7 Å². The number of benzene rings is 2. The van der Waals surface area contributed by atoms with E-state index in [1.807, 2.05) is 60.0 Å². The molecule has 180 valence electrons. The number of sulfonamides is 1. The quantitative estimate of drug-likeness (QED) is 0.334. The highest BCUT2D eigenvalue weighted by Gasteiger charge is 2.32. The Bertz CT molecular complexity index is 1380. The molecule has 1 aliphatic heterocycles. The maximum atomic E-state index is 12.8. The minimum absolute atomic E-state index is 0.120. The van der Waals surface area contributed by atoms with E-state index in [0.717, 1.165) is 22.8 Å². The van der Waals surface area contributed by atoms with Crippen molar-refractivity contribution in [1.82, 2.24) is 9.29 Å². The fraction of sp³-hybridized carbons (Fsp3) is 0.200. The van der Waals surface area contributed by atoms with Crippen molar-refractivity contribution in [3.63, 3.8) is 0 Å². The van der Waals surface area contributed by atoms with Gasteiger partial charge in [0.2, 0.25) is 5.91 Å². The number of thiophene rings is 1. The Labute approximate surface area is 212 Å². The molecule has 0 radical (unpaired) electrons. The van der Waals surface area contributed by atoms with Gasteiger partial charge in [0.25, 0.3) is 10.0 Å². The van der Waals surface area contributed by atoms with Gasteiger partial charge in [-0.15, -0.1) is 22.7 Å². The Hall–Kier alpha value is -3.05. The number of amides is 1. The van der Waals surface area contributed by atoms with Gasteiger partial charge >= 0.3 is 0 Å². The minimum Gasteiger partial charge on any atom is -0.457 e. The summed E-state index contributed by atoms with van der Waals surface area (Å²) in [4.78, 5) is 17.3.